The molecule has 0 unspecified atom stereocenters. The number of hydrogen-bond acceptors (Lipinski definition) is 4. The van der Waals surface area contributed by atoms with Crippen LogP contribution in [0.25, 0.3) is 0 Å². The summed E-state index contributed by atoms with van der Waals surface area (Å²) in [5, 5.41) is 12.1. The van der Waals surface area contributed by atoms with Crippen molar-refractivity contribution in [2.24, 2.45) is 0 Å². The van der Waals surface area contributed by atoms with E-state index in [1.54, 1.807) is 0 Å². The van der Waals surface area contributed by atoms with Gasteiger partial charge < -0.3 is 10.4 Å². The Balaban J connectivity index is 2.62. The van der Waals surface area contributed by atoms with E-state index in [1.165, 1.54) is 13.8 Å². The summed E-state index contributed by atoms with van der Waals surface area (Å²) in [4.78, 5) is 23.3. The Bertz CT molecular complexity index is 560. The third-order valence-corrected chi connectivity index (χ3v) is 4.06. The fraction of sp³-hybridized carbons (Fsp3) is 0.333. The van der Waals surface area contributed by atoms with Crippen LogP contribution in [0.1, 0.15) is 25.0 Å². The number of hydrogen-bond donors (Lipinski definition) is 2. The van der Waals surface area contributed by atoms with Gasteiger partial charge in [0.15, 0.2) is 5.78 Å². The van der Waals surface area contributed by atoms with Crippen LogP contribution in [0.3, 0.4) is 0 Å². The number of carbonyl (C=O) groups is 2. The van der Waals surface area contributed by atoms with Gasteiger partial charge in [-0.05, 0) is 51.0 Å². The molecule has 0 radical (unpaired) electrons. The minimum Gasteiger partial charge on any atom is -0.511 e. The molecule has 0 bridgehead atoms. The van der Waals surface area contributed by atoms with Crippen molar-refractivity contribution in [3.8, 4) is 0 Å². The number of amides is 1. The van der Waals surface area contributed by atoms with E-state index in [1.807, 2.05) is 32.0 Å². The maximum Gasteiger partial charge on any atom is 0.234 e. The molecule has 20 heavy (non-hydrogen) atoms. The lowest BCUT2D eigenvalue weighted by Gasteiger charge is -2.08. The summed E-state index contributed by atoms with van der Waals surface area (Å²) in [7, 11) is 0. The Hall–Kier alpha value is -1.75. The second-order valence-corrected chi connectivity index (χ2v) is 5.59. The normalized spacial score (nSPS) is 11.8. The van der Waals surface area contributed by atoms with Crippen LogP contribution in [0.5, 0.6) is 0 Å². The van der Waals surface area contributed by atoms with Crippen LogP contribution in [0, 0.1) is 13.8 Å². The molecule has 1 aromatic rings. The minimum absolute atomic E-state index is 0.0542. The molecule has 1 rings (SSSR count). The molecule has 2 N–H and O–H groups in total. The van der Waals surface area contributed by atoms with Crippen LogP contribution >= 0.6 is 11.8 Å². The van der Waals surface area contributed by atoms with Crippen molar-refractivity contribution in [3.63, 3.8) is 0 Å². The van der Waals surface area contributed by atoms with Crippen molar-refractivity contribution in [1.82, 2.24) is 0 Å². The molecule has 4 nitrogen and oxygen atoms in total. The Morgan fingerprint density at radius 2 is 1.85 bits per heavy atom. The van der Waals surface area contributed by atoms with E-state index >= 15 is 0 Å². The average molecular weight is 293 g/mol. The van der Waals surface area contributed by atoms with Crippen molar-refractivity contribution in [2.75, 3.05) is 11.1 Å². The van der Waals surface area contributed by atoms with E-state index in [4.69, 9.17) is 0 Å². The Morgan fingerprint density at radius 1 is 1.20 bits per heavy atom. The van der Waals surface area contributed by atoms with E-state index in [2.05, 4.69) is 5.32 Å². The lowest BCUT2D eigenvalue weighted by molar-refractivity contribution is -0.114. The van der Waals surface area contributed by atoms with Gasteiger partial charge in [-0.1, -0.05) is 6.07 Å². The van der Waals surface area contributed by atoms with Crippen molar-refractivity contribution >= 4 is 29.1 Å². The SMILES string of the molecule is CC(=O)/C(SCC(=O)Nc1ccc(C)c(C)c1)=C(/C)O. The van der Waals surface area contributed by atoms with Gasteiger partial charge in [0, 0.05) is 5.69 Å². The van der Waals surface area contributed by atoms with Gasteiger partial charge in [-0.25, -0.2) is 0 Å². The third kappa shape index (κ3) is 4.74. The van der Waals surface area contributed by atoms with Crippen LogP contribution in [0.4, 0.5) is 5.69 Å². The summed E-state index contributed by atoms with van der Waals surface area (Å²) in [5.41, 5.74) is 2.99. The third-order valence-electron chi connectivity index (χ3n) is 2.79. The monoisotopic (exact) mass is 293 g/mol. The number of nitrogens with one attached hydrogen (secondary N) is 1. The first-order valence-electron chi connectivity index (χ1n) is 6.22. The number of aliphatic hydroxyl groups excluding tert-OH is 1. The largest absolute Gasteiger partial charge is 0.511 e. The molecular weight excluding hydrogens is 274 g/mol. The van der Waals surface area contributed by atoms with Gasteiger partial charge in [-0.3, -0.25) is 9.59 Å². The molecule has 1 amide bonds. The van der Waals surface area contributed by atoms with E-state index in [9.17, 15) is 14.7 Å². The molecule has 0 aliphatic carbocycles. The van der Waals surface area contributed by atoms with Crippen LogP contribution < -0.4 is 5.32 Å². The van der Waals surface area contributed by atoms with E-state index in [0.29, 0.717) is 0 Å². The molecule has 0 aromatic heterocycles. The van der Waals surface area contributed by atoms with Crippen molar-refractivity contribution < 1.29 is 14.7 Å². The lowest BCUT2D eigenvalue weighted by Crippen LogP contribution is -2.15. The predicted molar refractivity (Wildman–Crippen MR) is 83.0 cm³/mol. The predicted octanol–water partition coefficient (Wildman–Crippen LogP) is 3.35. The summed E-state index contributed by atoms with van der Waals surface area (Å²) >= 11 is 1.04. The summed E-state index contributed by atoms with van der Waals surface area (Å²) in [6, 6.07) is 5.68. The number of benzene rings is 1. The molecule has 0 fully saturated rings. The highest BCUT2D eigenvalue weighted by Gasteiger charge is 2.12. The number of Topliss-reactive ketones (excluding diaryl/α,β-unsaturated/α-hetero) is 1. The minimum atomic E-state index is -0.242. The second kappa shape index (κ2) is 7.14. The average Bonchev–Trinajstić information content (AvgIpc) is 2.33. The quantitative estimate of drug-likeness (QED) is 0.645. The maximum atomic E-state index is 11.8. The van der Waals surface area contributed by atoms with Gasteiger partial charge in [-0.15, -0.1) is 11.8 Å². The molecule has 0 atom stereocenters. The van der Waals surface area contributed by atoms with Crippen LogP contribution in [-0.2, 0) is 9.59 Å². The Morgan fingerprint density at radius 3 is 2.35 bits per heavy atom. The molecule has 0 saturated carbocycles. The van der Waals surface area contributed by atoms with Crippen molar-refractivity contribution in [2.45, 2.75) is 27.7 Å². The molecule has 1 aromatic carbocycles. The molecule has 0 aliphatic rings. The number of rotatable bonds is 5. The van der Waals surface area contributed by atoms with Crippen LogP contribution in [-0.4, -0.2) is 22.5 Å². The number of anilines is 1. The van der Waals surface area contributed by atoms with E-state index < -0.39 is 0 Å². The van der Waals surface area contributed by atoms with Crippen LogP contribution in [0.15, 0.2) is 28.9 Å². The number of allylic oxidation sites excluding steroid dienone is 2. The highest BCUT2D eigenvalue weighted by Crippen LogP contribution is 2.20. The maximum absolute atomic E-state index is 11.8. The first-order valence-corrected chi connectivity index (χ1v) is 7.20. The molecule has 0 saturated heterocycles. The molecule has 5 heteroatoms. The molecule has 108 valence electrons. The fourth-order valence-electron chi connectivity index (χ4n) is 1.61. The Labute approximate surface area is 123 Å². The van der Waals surface area contributed by atoms with Crippen LogP contribution in [0.2, 0.25) is 0 Å². The van der Waals surface area contributed by atoms with Crippen molar-refractivity contribution in [1.29, 1.82) is 0 Å². The molecule has 0 aliphatic heterocycles. The number of aryl methyl sites for hydroxylation is 2. The highest BCUT2D eigenvalue weighted by atomic mass is 32.2. The summed E-state index contributed by atoms with van der Waals surface area (Å²) in [5.74, 6) is -0.423. The first kappa shape index (κ1) is 16.3. The number of thioether (sulfide) groups is 1. The van der Waals surface area contributed by atoms with Gasteiger partial charge in [0.05, 0.1) is 10.7 Å². The second-order valence-electron chi connectivity index (χ2n) is 4.61. The zero-order chi connectivity index (χ0) is 15.3. The lowest BCUT2D eigenvalue weighted by atomic mass is 10.1. The van der Waals surface area contributed by atoms with Gasteiger partial charge in [0.2, 0.25) is 5.91 Å². The topological polar surface area (TPSA) is 66.4 Å². The number of ketones is 1. The fourth-order valence-corrected chi connectivity index (χ4v) is 2.37. The van der Waals surface area contributed by atoms with Gasteiger partial charge in [0.25, 0.3) is 0 Å². The number of carbonyl (C=O) groups excluding carboxylic acids is 2. The highest BCUT2D eigenvalue weighted by molar-refractivity contribution is 8.04. The van der Waals surface area contributed by atoms with Gasteiger partial charge >= 0.3 is 0 Å². The van der Waals surface area contributed by atoms with Gasteiger partial charge in [0.1, 0.15) is 5.76 Å². The Kier molecular flexibility index (Phi) is 5.82. The summed E-state index contributed by atoms with van der Waals surface area (Å²) < 4.78 is 0. The van der Waals surface area contributed by atoms with E-state index in [0.717, 1.165) is 28.6 Å². The molecular formula is C15H19NO3S. The van der Waals surface area contributed by atoms with Crippen molar-refractivity contribution in [3.05, 3.63) is 40.0 Å². The first-order chi connectivity index (χ1) is 9.31. The zero-order valence-electron chi connectivity index (χ0n) is 12.1. The molecule has 0 heterocycles. The smallest absolute Gasteiger partial charge is 0.234 e. The van der Waals surface area contributed by atoms with E-state index in [-0.39, 0.29) is 28.1 Å². The standard InChI is InChI=1S/C15H19NO3S/c1-9-5-6-13(7-10(9)2)16-14(19)8-20-15(11(3)17)12(4)18/h5-7,17H,8H2,1-4H3,(H,16,19)/b15-11+. The zero-order valence-corrected chi connectivity index (χ0v) is 12.9. The van der Waals surface area contributed by atoms with Gasteiger partial charge in [-0.2, -0.15) is 0 Å². The number of aliphatic hydroxyl groups is 1. The summed E-state index contributed by atoms with van der Waals surface area (Å²) in [6.45, 7) is 6.78. The molecule has 0 spiro atoms. The summed E-state index contributed by atoms with van der Waals surface area (Å²) in [6.07, 6.45) is 0.